The van der Waals surface area contributed by atoms with Gasteiger partial charge in [-0.15, -0.1) is 6.58 Å². The van der Waals surface area contributed by atoms with Gasteiger partial charge in [0.2, 0.25) is 0 Å². The Labute approximate surface area is 112 Å². The van der Waals surface area contributed by atoms with Crippen molar-refractivity contribution in [2.75, 3.05) is 6.61 Å². The highest BCUT2D eigenvalue weighted by Crippen LogP contribution is 2.30. The molecule has 0 aromatic heterocycles. The molecule has 0 spiro atoms. The van der Waals surface area contributed by atoms with Gasteiger partial charge in [0.15, 0.2) is 6.29 Å². The number of hydrogen-bond acceptors (Lipinski definition) is 3. The molecule has 1 aromatic rings. The van der Waals surface area contributed by atoms with Gasteiger partial charge in [0, 0.05) is 11.5 Å². The van der Waals surface area contributed by atoms with Crippen molar-refractivity contribution in [1.82, 2.24) is 0 Å². The minimum atomic E-state index is -0.934. The van der Waals surface area contributed by atoms with Crippen LogP contribution in [0.2, 0.25) is 0 Å². The van der Waals surface area contributed by atoms with E-state index >= 15 is 0 Å². The Balaban J connectivity index is 2.03. The molecular formula is C15H18O4. The third kappa shape index (κ3) is 3.22. The van der Waals surface area contributed by atoms with E-state index in [9.17, 15) is 4.79 Å². The van der Waals surface area contributed by atoms with Crippen LogP contribution in [-0.4, -0.2) is 23.8 Å². The van der Waals surface area contributed by atoms with Crippen molar-refractivity contribution < 1.29 is 19.4 Å². The molecule has 0 aliphatic carbocycles. The molecule has 1 aromatic carbocycles. The molecule has 1 fully saturated rings. The molecule has 0 bridgehead atoms. The fourth-order valence-electron chi connectivity index (χ4n) is 2.12. The Morgan fingerprint density at radius 2 is 2.16 bits per heavy atom. The summed E-state index contributed by atoms with van der Waals surface area (Å²) in [4.78, 5) is 10.8. The van der Waals surface area contributed by atoms with E-state index in [2.05, 4.69) is 6.58 Å². The zero-order chi connectivity index (χ0) is 13.8. The number of carboxylic acids is 1. The molecule has 1 aliphatic rings. The second-order valence-corrected chi connectivity index (χ2v) is 4.72. The second-order valence-electron chi connectivity index (χ2n) is 4.72. The van der Waals surface area contributed by atoms with Crippen molar-refractivity contribution in [2.24, 2.45) is 5.92 Å². The van der Waals surface area contributed by atoms with Crippen LogP contribution < -0.4 is 0 Å². The van der Waals surface area contributed by atoms with Crippen molar-refractivity contribution in [3.8, 4) is 0 Å². The van der Waals surface area contributed by atoms with Gasteiger partial charge in [-0.2, -0.15) is 0 Å². The average Bonchev–Trinajstić information content (AvgIpc) is 2.41. The van der Waals surface area contributed by atoms with Gasteiger partial charge in [0.05, 0.1) is 18.3 Å². The lowest BCUT2D eigenvalue weighted by molar-refractivity contribution is -0.235. The van der Waals surface area contributed by atoms with Crippen LogP contribution in [0.3, 0.4) is 0 Å². The zero-order valence-electron chi connectivity index (χ0n) is 10.9. The quantitative estimate of drug-likeness (QED) is 0.847. The monoisotopic (exact) mass is 262 g/mol. The van der Waals surface area contributed by atoms with Crippen LogP contribution >= 0.6 is 0 Å². The maximum atomic E-state index is 10.8. The van der Waals surface area contributed by atoms with E-state index < -0.39 is 12.3 Å². The van der Waals surface area contributed by atoms with Crippen LogP contribution in [0.25, 0.3) is 0 Å². The molecule has 0 saturated carbocycles. The third-order valence-corrected chi connectivity index (χ3v) is 3.36. The molecule has 102 valence electrons. The molecule has 0 radical (unpaired) electrons. The van der Waals surface area contributed by atoms with E-state index in [1.165, 1.54) is 0 Å². The Hall–Kier alpha value is -1.65. The number of carboxylic acid groups (broad SMARTS) is 1. The van der Waals surface area contributed by atoms with Gasteiger partial charge in [0.25, 0.3) is 0 Å². The summed E-state index contributed by atoms with van der Waals surface area (Å²) in [6.45, 7) is 6.37. The molecule has 1 aliphatic heterocycles. The summed E-state index contributed by atoms with van der Waals surface area (Å²) >= 11 is 0. The minimum absolute atomic E-state index is 0.0934. The van der Waals surface area contributed by atoms with Gasteiger partial charge >= 0.3 is 5.97 Å². The smallest absolute Gasteiger partial charge is 0.335 e. The van der Waals surface area contributed by atoms with E-state index in [0.29, 0.717) is 12.5 Å². The topological polar surface area (TPSA) is 55.8 Å². The summed E-state index contributed by atoms with van der Waals surface area (Å²) in [5.41, 5.74) is 1.10. The van der Waals surface area contributed by atoms with Crippen LogP contribution in [0, 0.1) is 5.92 Å². The summed E-state index contributed by atoms with van der Waals surface area (Å²) < 4.78 is 11.5. The number of hydrogen-bond donors (Lipinski definition) is 1. The van der Waals surface area contributed by atoms with Crippen LogP contribution in [0.15, 0.2) is 36.9 Å². The predicted octanol–water partition coefficient (Wildman–Crippen LogP) is 3.01. The molecule has 4 nitrogen and oxygen atoms in total. The van der Waals surface area contributed by atoms with Crippen LogP contribution in [0.4, 0.5) is 0 Å². The molecule has 0 unspecified atom stereocenters. The first kappa shape index (κ1) is 13.8. The number of allylic oxidation sites excluding steroid dienone is 1. The molecule has 3 atom stereocenters. The number of benzene rings is 1. The summed E-state index contributed by atoms with van der Waals surface area (Å²) in [7, 11) is 0. The van der Waals surface area contributed by atoms with Gasteiger partial charge in [0.1, 0.15) is 0 Å². The van der Waals surface area contributed by atoms with E-state index in [1.807, 2.05) is 13.0 Å². The largest absolute Gasteiger partial charge is 0.478 e. The van der Waals surface area contributed by atoms with Gasteiger partial charge in [-0.05, 0) is 25.5 Å². The Morgan fingerprint density at radius 3 is 2.68 bits per heavy atom. The molecular weight excluding hydrogens is 244 g/mol. The van der Waals surface area contributed by atoms with Crippen LogP contribution in [0.5, 0.6) is 0 Å². The Kier molecular flexibility index (Phi) is 4.35. The number of ether oxygens (including phenoxy) is 2. The van der Waals surface area contributed by atoms with E-state index in [0.717, 1.165) is 12.0 Å². The fraction of sp³-hybridized carbons (Fsp3) is 0.400. The van der Waals surface area contributed by atoms with E-state index in [-0.39, 0.29) is 11.7 Å². The first-order chi connectivity index (χ1) is 9.11. The Bertz CT molecular complexity index is 452. The highest BCUT2D eigenvalue weighted by Gasteiger charge is 2.28. The number of rotatable bonds is 4. The molecule has 2 rings (SSSR count). The normalized spacial score (nSPS) is 26.9. The number of carbonyl (C=O) groups is 1. The van der Waals surface area contributed by atoms with Gasteiger partial charge < -0.3 is 14.6 Å². The van der Waals surface area contributed by atoms with Crippen molar-refractivity contribution in [1.29, 1.82) is 0 Å². The third-order valence-electron chi connectivity index (χ3n) is 3.36. The summed E-state index contributed by atoms with van der Waals surface area (Å²) in [6.07, 6.45) is 2.41. The Morgan fingerprint density at radius 1 is 1.47 bits per heavy atom. The lowest BCUT2D eigenvalue weighted by Gasteiger charge is -2.34. The first-order valence-corrected chi connectivity index (χ1v) is 6.33. The SMILES string of the molecule is C=CC[C@H]1CO[C@H](c2ccc(C(=O)O)cc2)O[C@@H]1C. The lowest BCUT2D eigenvalue weighted by Crippen LogP contribution is -2.33. The highest BCUT2D eigenvalue weighted by molar-refractivity contribution is 5.87. The molecule has 1 saturated heterocycles. The van der Waals surface area contributed by atoms with E-state index in [4.69, 9.17) is 14.6 Å². The van der Waals surface area contributed by atoms with Crippen molar-refractivity contribution in [2.45, 2.75) is 25.7 Å². The van der Waals surface area contributed by atoms with Gasteiger partial charge in [-0.1, -0.05) is 18.2 Å². The second kappa shape index (κ2) is 5.99. The highest BCUT2D eigenvalue weighted by atomic mass is 16.7. The maximum Gasteiger partial charge on any atom is 0.335 e. The fourth-order valence-corrected chi connectivity index (χ4v) is 2.12. The maximum absolute atomic E-state index is 10.8. The summed E-state index contributed by atoms with van der Waals surface area (Å²) in [5, 5.41) is 8.85. The first-order valence-electron chi connectivity index (χ1n) is 6.33. The standard InChI is InChI=1S/C15H18O4/c1-3-4-13-9-18-15(19-10(13)2)12-7-5-11(6-8-12)14(16)17/h3,5-8,10,13,15H,1,4,9H2,2H3,(H,16,17)/t10-,13+,15+/m1/s1. The summed E-state index contributed by atoms with van der Waals surface area (Å²) in [5.74, 6) is -0.608. The van der Waals surface area contributed by atoms with Gasteiger partial charge in [-0.25, -0.2) is 4.79 Å². The minimum Gasteiger partial charge on any atom is -0.478 e. The van der Waals surface area contributed by atoms with Crippen molar-refractivity contribution in [3.63, 3.8) is 0 Å². The van der Waals surface area contributed by atoms with Crippen LogP contribution in [0.1, 0.15) is 35.6 Å². The molecule has 4 heteroatoms. The molecule has 1 N–H and O–H groups in total. The summed E-state index contributed by atoms with van der Waals surface area (Å²) in [6, 6.07) is 6.58. The average molecular weight is 262 g/mol. The predicted molar refractivity (Wildman–Crippen MR) is 70.9 cm³/mol. The number of aromatic carboxylic acids is 1. The molecule has 0 amide bonds. The zero-order valence-corrected chi connectivity index (χ0v) is 10.9. The van der Waals surface area contributed by atoms with E-state index in [1.54, 1.807) is 24.3 Å². The lowest BCUT2D eigenvalue weighted by atomic mass is 9.99. The molecule has 1 heterocycles. The van der Waals surface area contributed by atoms with Crippen molar-refractivity contribution >= 4 is 5.97 Å². The van der Waals surface area contributed by atoms with Gasteiger partial charge in [-0.3, -0.25) is 0 Å². The van der Waals surface area contributed by atoms with Crippen molar-refractivity contribution in [3.05, 3.63) is 48.0 Å². The van der Waals surface area contributed by atoms with Crippen LogP contribution in [-0.2, 0) is 9.47 Å². The molecule has 19 heavy (non-hydrogen) atoms.